The summed E-state index contributed by atoms with van der Waals surface area (Å²) in [5.41, 5.74) is 3.77. The second-order valence-corrected chi connectivity index (χ2v) is 6.74. The van der Waals surface area contributed by atoms with Gasteiger partial charge >= 0.3 is 0 Å². The second kappa shape index (κ2) is 7.38. The lowest BCUT2D eigenvalue weighted by Crippen LogP contribution is -2.20. The molecule has 1 unspecified atom stereocenters. The van der Waals surface area contributed by atoms with Crippen molar-refractivity contribution in [2.45, 2.75) is 32.7 Å². The molecule has 1 heterocycles. The van der Waals surface area contributed by atoms with Crippen molar-refractivity contribution in [2.75, 3.05) is 6.54 Å². The van der Waals surface area contributed by atoms with Gasteiger partial charge in [0.25, 0.3) is 0 Å². The summed E-state index contributed by atoms with van der Waals surface area (Å²) in [5.74, 6) is 0. The van der Waals surface area contributed by atoms with Crippen LogP contribution in [0.4, 0.5) is 0 Å². The minimum Gasteiger partial charge on any atom is -0.310 e. The largest absolute Gasteiger partial charge is 0.310 e. The number of halogens is 2. The molecule has 0 saturated heterocycles. The smallest absolute Gasteiger partial charge is 0.0522 e. The molecule has 1 aromatic heterocycles. The normalized spacial score (nSPS) is 12.6. The maximum absolute atomic E-state index is 4.05. The zero-order chi connectivity index (χ0) is 14.5. The third-order valence-electron chi connectivity index (χ3n) is 3.44. The number of rotatable bonds is 6. The van der Waals surface area contributed by atoms with Gasteiger partial charge < -0.3 is 5.32 Å². The molecule has 1 aromatic carbocycles. The number of benzene rings is 1. The maximum atomic E-state index is 4.05. The van der Waals surface area contributed by atoms with Gasteiger partial charge in [-0.15, -0.1) is 0 Å². The molecular formula is C15H19Br2N3. The van der Waals surface area contributed by atoms with Gasteiger partial charge in [0.2, 0.25) is 0 Å². The monoisotopic (exact) mass is 399 g/mol. The van der Waals surface area contributed by atoms with Gasteiger partial charge in [0.15, 0.2) is 0 Å². The lowest BCUT2D eigenvalue weighted by Gasteiger charge is -2.16. The van der Waals surface area contributed by atoms with Gasteiger partial charge in [0.1, 0.15) is 0 Å². The van der Waals surface area contributed by atoms with Crippen LogP contribution in [0.5, 0.6) is 0 Å². The van der Waals surface area contributed by atoms with Crippen molar-refractivity contribution in [2.24, 2.45) is 0 Å². The molecule has 0 bridgehead atoms. The van der Waals surface area contributed by atoms with Crippen LogP contribution in [0.25, 0.3) is 0 Å². The van der Waals surface area contributed by atoms with Crippen molar-refractivity contribution in [3.63, 3.8) is 0 Å². The molecule has 0 spiro atoms. The molecule has 0 saturated carbocycles. The minimum absolute atomic E-state index is 0.336. The van der Waals surface area contributed by atoms with Crippen LogP contribution in [0, 0.1) is 6.92 Å². The summed E-state index contributed by atoms with van der Waals surface area (Å²) in [4.78, 5) is 0. The molecule has 3 nitrogen and oxygen atoms in total. The lowest BCUT2D eigenvalue weighted by molar-refractivity contribution is 0.556. The van der Waals surface area contributed by atoms with Crippen molar-refractivity contribution in [1.29, 1.82) is 0 Å². The predicted molar refractivity (Wildman–Crippen MR) is 89.9 cm³/mol. The molecule has 2 N–H and O–H groups in total. The third-order valence-corrected chi connectivity index (χ3v) is 4.62. The van der Waals surface area contributed by atoms with E-state index < -0.39 is 0 Å². The molecule has 0 amide bonds. The highest BCUT2D eigenvalue weighted by Crippen LogP contribution is 2.26. The summed E-state index contributed by atoms with van der Waals surface area (Å²) in [6.07, 6.45) is 4.09. The van der Waals surface area contributed by atoms with E-state index in [0.29, 0.717) is 6.04 Å². The first kappa shape index (κ1) is 15.7. The molecule has 2 rings (SSSR count). The summed E-state index contributed by atoms with van der Waals surface area (Å²) < 4.78 is 2.23. The van der Waals surface area contributed by atoms with Crippen LogP contribution in [0.3, 0.4) is 0 Å². The molecule has 108 valence electrons. The standard InChI is InChI=1S/C15H19Br2N3/c1-10-12(9-19-20-10)4-3-7-18-11(2)14-6-5-13(16)8-15(14)17/h5-6,8-9,11,18H,3-4,7H2,1-2H3,(H,19,20). The number of aromatic amines is 1. The Bertz CT molecular complexity index is 566. The van der Waals surface area contributed by atoms with Crippen molar-refractivity contribution in [3.05, 3.63) is 50.2 Å². The van der Waals surface area contributed by atoms with Crippen LogP contribution in [0.2, 0.25) is 0 Å². The first-order valence-electron chi connectivity index (χ1n) is 6.75. The van der Waals surface area contributed by atoms with Gasteiger partial charge in [-0.05, 0) is 56.5 Å². The van der Waals surface area contributed by atoms with E-state index in [0.717, 1.165) is 28.3 Å². The Labute approximate surface area is 136 Å². The number of aromatic nitrogens is 2. The zero-order valence-corrected chi connectivity index (χ0v) is 14.9. The average Bonchev–Trinajstić information content (AvgIpc) is 2.80. The Balaban J connectivity index is 1.80. The van der Waals surface area contributed by atoms with E-state index in [-0.39, 0.29) is 0 Å². The predicted octanol–water partition coefficient (Wildman–Crippen LogP) is 4.53. The highest BCUT2D eigenvalue weighted by atomic mass is 79.9. The molecule has 5 heteroatoms. The molecule has 2 aromatic rings. The number of hydrogen-bond acceptors (Lipinski definition) is 2. The molecule has 1 atom stereocenters. The van der Waals surface area contributed by atoms with Crippen LogP contribution in [0.15, 0.2) is 33.3 Å². The van der Waals surface area contributed by atoms with Crippen molar-refractivity contribution >= 4 is 31.9 Å². The van der Waals surface area contributed by atoms with Crippen LogP contribution >= 0.6 is 31.9 Å². The summed E-state index contributed by atoms with van der Waals surface area (Å²) in [6, 6.07) is 6.64. The SMILES string of the molecule is Cc1[nH]ncc1CCCNC(C)c1ccc(Br)cc1Br. The highest BCUT2D eigenvalue weighted by molar-refractivity contribution is 9.11. The Kier molecular flexibility index (Phi) is 5.81. The second-order valence-electron chi connectivity index (χ2n) is 4.97. The van der Waals surface area contributed by atoms with Crippen LogP contribution in [-0.4, -0.2) is 16.7 Å². The average molecular weight is 401 g/mol. The fourth-order valence-electron chi connectivity index (χ4n) is 2.19. The molecule has 20 heavy (non-hydrogen) atoms. The van der Waals surface area contributed by atoms with E-state index in [1.165, 1.54) is 16.8 Å². The van der Waals surface area contributed by atoms with E-state index in [4.69, 9.17) is 0 Å². The lowest BCUT2D eigenvalue weighted by atomic mass is 10.1. The summed E-state index contributed by atoms with van der Waals surface area (Å²) >= 11 is 7.09. The van der Waals surface area contributed by atoms with E-state index in [1.54, 1.807) is 0 Å². The molecule has 0 aliphatic heterocycles. The van der Waals surface area contributed by atoms with Crippen molar-refractivity contribution in [1.82, 2.24) is 15.5 Å². The van der Waals surface area contributed by atoms with Crippen LogP contribution in [-0.2, 0) is 6.42 Å². The number of nitrogens with one attached hydrogen (secondary N) is 2. The molecular weight excluding hydrogens is 382 g/mol. The topological polar surface area (TPSA) is 40.7 Å². The number of aryl methyl sites for hydroxylation is 2. The van der Waals surface area contributed by atoms with Gasteiger partial charge in [-0.3, -0.25) is 5.10 Å². The van der Waals surface area contributed by atoms with E-state index >= 15 is 0 Å². The molecule has 0 aliphatic rings. The van der Waals surface area contributed by atoms with Gasteiger partial charge in [-0.2, -0.15) is 5.10 Å². The minimum atomic E-state index is 0.336. The summed E-state index contributed by atoms with van der Waals surface area (Å²) in [7, 11) is 0. The summed E-state index contributed by atoms with van der Waals surface area (Å²) in [5, 5.41) is 10.6. The Morgan fingerprint density at radius 1 is 1.35 bits per heavy atom. The van der Waals surface area contributed by atoms with Crippen molar-refractivity contribution < 1.29 is 0 Å². The fraction of sp³-hybridized carbons (Fsp3) is 0.400. The van der Waals surface area contributed by atoms with Gasteiger partial charge in [0, 0.05) is 20.7 Å². The zero-order valence-electron chi connectivity index (χ0n) is 11.7. The molecule has 0 aliphatic carbocycles. The number of H-pyrrole nitrogens is 1. The number of hydrogen-bond donors (Lipinski definition) is 2. The van der Waals surface area contributed by atoms with E-state index in [9.17, 15) is 0 Å². The van der Waals surface area contributed by atoms with Crippen LogP contribution in [0.1, 0.15) is 36.2 Å². The van der Waals surface area contributed by atoms with E-state index in [1.807, 2.05) is 6.20 Å². The van der Waals surface area contributed by atoms with E-state index in [2.05, 4.69) is 79.4 Å². The van der Waals surface area contributed by atoms with Gasteiger partial charge in [-0.1, -0.05) is 37.9 Å². The first-order valence-corrected chi connectivity index (χ1v) is 8.33. The third kappa shape index (κ3) is 4.17. The quantitative estimate of drug-likeness (QED) is 0.699. The molecule has 0 fully saturated rings. The van der Waals surface area contributed by atoms with Crippen LogP contribution < -0.4 is 5.32 Å². The van der Waals surface area contributed by atoms with Gasteiger partial charge in [-0.25, -0.2) is 0 Å². The Morgan fingerprint density at radius 2 is 2.15 bits per heavy atom. The Hall–Kier alpha value is -0.650. The highest BCUT2D eigenvalue weighted by Gasteiger charge is 2.09. The molecule has 0 radical (unpaired) electrons. The summed E-state index contributed by atoms with van der Waals surface area (Å²) in [6.45, 7) is 5.25. The maximum Gasteiger partial charge on any atom is 0.0522 e. The Morgan fingerprint density at radius 3 is 2.80 bits per heavy atom. The number of nitrogens with zero attached hydrogens (tertiary/aromatic N) is 1. The van der Waals surface area contributed by atoms with Crippen molar-refractivity contribution in [3.8, 4) is 0 Å². The first-order chi connectivity index (χ1) is 9.58. The van der Waals surface area contributed by atoms with Gasteiger partial charge in [0.05, 0.1) is 6.20 Å². The fourth-order valence-corrected chi connectivity index (χ4v) is 3.58.